The number of hydrogen-bond donors (Lipinski definition) is 2. The lowest BCUT2D eigenvalue weighted by molar-refractivity contribution is -0.385. The number of aromatic nitrogens is 4. The minimum Gasteiger partial charge on any atom is -0.504 e. The van der Waals surface area contributed by atoms with Gasteiger partial charge in [0.25, 0.3) is 0 Å². The molecule has 9 nitrogen and oxygen atoms in total. The summed E-state index contributed by atoms with van der Waals surface area (Å²) in [5.74, 6) is -0.732. The summed E-state index contributed by atoms with van der Waals surface area (Å²) >= 11 is 6.33. The Morgan fingerprint density at radius 1 is 1.11 bits per heavy atom. The largest absolute Gasteiger partial charge is 0.504 e. The zero-order chi connectivity index (χ0) is 20.0. The highest BCUT2D eigenvalue weighted by atomic mass is 35.5. The molecule has 27 heavy (non-hydrogen) atoms. The summed E-state index contributed by atoms with van der Waals surface area (Å²) in [6, 6.07) is 2.30. The maximum Gasteiger partial charge on any atom is 0.315 e. The molecule has 0 radical (unpaired) electrons. The Labute approximate surface area is 159 Å². The van der Waals surface area contributed by atoms with Crippen molar-refractivity contribution < 1.29 is 15.1 Å². The van der Waals surface area contributed by atoms with Gasteiger partial charge in [-0.15, -0.1) is 10.2 Å². The van der Waals surface area contributed by atoms with Crippen LogP contribution in [0.1, 0.15) is 16.8 Å². The molecule has 0 fully saturated rings. The summed E-state index contributed by atoms with van der Waals surface area (Å²) in [5, 5.41) is 39.1. The average molecular weight is 390 g/mol. The molecule has 0 atom stereocenters. The molecule has 3 aromatic rings. The highest BCUT2D eigenvalue weighted by Gasteiger charge is 2.24. The third kappa shape index (κ3) is 2.95. The van der Waals surface area contributed by atoms with Gasteiger partial charge in [-0.25, -0.2) is 4.98 Å². The number of nitrogens with zero attached hydrogens (tertiary/aromatic N) is 5. The second-order valence-corrected chi connectivity index (χ2v) is 6.50. The molecule has 2 N–H and O–H groups in total. The zero-order valence-corrected chi connectivity index (χ0v) is 15.7. The molecule has 0 spiro atoms. The Bertz CT molecular complexity index is 1090. The van der Waals surface area contributed by atoms with E-state index in [9.17, 15) is 20.3 Å². The van der Waals surface area contributed by atoms with Crippen molar-refractivity contribution in [3.05, 3.63) is 44.2 Å². The second-order valence-electron chi connectivity index (χ2n) is 6.14. The number of aryl methyl sites for hydroxylation is 1. The Morgan fingerprint density at radius 2 is 1.74 bits per heavy atom. The van der Waals surface area contributed by atoms with Crippen LogP contribution < -0.4 is 0 Å². The highest BCUT2D eigenvalue weighted by Crippen LogP contribution is 2.40. The van der Waals surface area contributed by atoms with E-state index in [1.807, 2.05) is 20.8 Å². The van der Waals surface area contributed by atoms with E-state index in [2.05, 4.69) is 15.2 Å². The van der Waals surface area contributed by atoms with Crippen LogP contribution in [-0.4, -0.2) is 34.9 Å². The molecule has 0 aliphatic carbocycles. The number of halogens is 1. The van der Waals surface area contributed by atoms with Crippen molar-refractivity contribution in [3.8, 4) is 34.3 Å². The summed E-state index contributed by atoms with van der Waals surface area (Å²) in [5.41, 5.74) is 2.88. The maximum absolute atomic E-state index is 11.1. The smallest absolute Gasteiger partial charge is 0.315 e. The SMILES string of the molecule is Cc1nc(Cl)c(-c2nnc(-c3cc(O)c(O)c([N+](=O)[O-])c3)n2C)c(C)c1C. The summed E-state index contributed by atoms with van der Waals surface area (Å²) in [7, 11) is 1.67. The van der Waals surface area contributed by atoms with Crippen molar-refractivity contribution in [3.63, 3.8) is 0 Å². The minimum absolute atomic E-state index is 0.226. The monoisotopic (exact) mass is 389 g/mol. The average Bonchev–Trinajstić information content (AvgIpc) is 2.96. The van der Waals surface area contributed by atoms with Crippen LogP contribution in [0.15, 0.2) is 12.1 Å². The van der Waals surface area contributed by atoms with Crippen molar-refractivity contribution in [2.45, 2.75) is 20.8 Å². The van der Waals surface area contributed by atoms with Gasteiger partial charge in [-0.1, -0.05) is 11.6 Å². The summed E-state index contributed by atoms with van der Waals surface area (Å²) < 4.78 is 1.60. The molecule has 140 valence electrons. The molecule has 0 saturated heterocycles. The van der Waals surface area contributed by atoms with E-state index in [-0.39, 0.29) is 16.5 Å². The molecule has 2 aromatic heterocycles. The molecule has 0 amide bonds. The number of rotatable bonds is 3. The molecule has 0 aliphatic rings. The topological polar surface area (TPSA) is 127 Å². The number of nitro benzene ring substituents is 1. The van der Waals surface area contributed by atoms with Gasteiger partial charge in [0, 0.05) is 24.4 Å². The van der Waals surface area contributed by atoms with Crippen molar-refractivity contribution in [2.24, 2.45) is 7.05 Å². The van der Waals surface area contributed by atoms with Crippen LogP contribution in [0.2, 0.25) is 5.15 Å². The van der Waals surface area contributed by atoms with Gasteiger partial charge < -0.3 is 14.8 Å². The van der Waals surface area contributed by atoms with Gasteiger partial charge in [0.05, 0.1) is 10.5 Å². The van der Waals surface area contributed by atoms with E-state index < -0.39 is 22.1 Å². The summed E-state index contributed by atoms with van der Waals surface area (Å²) in [6.45, 7) is 5.69. The first-order chi connectivity index (χ1) is 12.6. The molecule has 1 aromatic carbocycles. The number of nitro groups is 1. The molecule has 0 saturated carbocycles. The van der Waals surface area contributed by atoms with Crippen molar-refractivity contribution in [2.75, 3.05) is 0 Å². The number of phenols is 2. The Balaban J connectivity index is 2.22. The van der Waals surface area contributed by atoms with E-state index in [1.165, 1.54) is 6.07 Å². The Morgan fingerprint density at radius 3 is 2.37 bits per heavy atom. The maximum atomic E-state index is 11.1. The van der Waals surface area contributed by atoms with Gasteiger partial charge >= 0.3 is 5.69 Å². The van der Waals surface area contributed by atoms with Crippen LogP contribution in [-0.2, 0) is 7.05 Å². The van der Waals surface area contributed by atoms with Gasteiger partial charge in [0.1, 0.15) is 5.15 Å². The van der Waals surface area contributed by atoms with Crippen molar-refractivity contribution in [1.82, 2.24) is 19.7 Å². The quantitative estimate of drug-likeness (QED) is 0.304. The van der Waals surface area contributed by atoms with E-state index in [0.29, 0.717) is 11.4 Å². The normalized spacial score (nSPS) is 11.0. The number of phenolic OH excluding ortho intramolecular Hbond substituents is 2. The van der Waals surface area contributed by atoms with Gasteiger partial charge in [0.15, 0.2) is 17.4 Å². The van der Waals surface area contributed by atoms with Crippen LogP contribution in [0.3, 0.4) is 0 Å². The van der Waals surface area contributed by atoms with Crippen LogP contribution >= 0.6 is 11.6 Å². The first-order valence-electron chi connectivity index (χ1n) is 7.87. The fourth-order valence-electron chi connectivity index (χ4n) is 2.83. The predicted molar refractivity (Wildman–Crippen MR) is 98.9 cm³/mol. The highest BCUT2D eigenvalue weighted by molar-refractivity contribution is 6.32. The molecule has 0 unspecified atom stereocenters. The lowest BCUT2D eigenvalue weighted by atomic mass is 10.0. The first kappa shape index (κ1) is 18.6. The number of hydrogen-bond acceptors (Lipinski definition) is 7. The van der Waals surface area contributed by atoms with E-state index >= 15 is 0 Å². The van der Waals surface area contributed by atoms with E-state index in [1.54, 1.807) is 11.6 Å². The Hall–Kier alpha value is -3.20. The second kappa shape index (κ2) is 6.51. The van der Waals surface area contributed by atoms with Gasteiger partial charge in [-0.05, 0) is 38.0 Å². The number of benzene rings is 1. The van der Waals surface area contributed by atoms with Crippen LogP contribution in [0.4, 0.5) is 5.69 Å². The first-order valence-corrected chi connectivity index (χ1v) is 8.25. The Kier molecular flexibility index (Phi) is 4.48. The molecule has 0 bridgehead atoms. The third-order valence-electron chi connectivity index (χ3n) is 4.58. The van der Waals surface area contributed by atoms with Gasteiger partial charge in [-0.2, -0.15) is 0 Å². The van der Waals surface area contributed by atoms with Crippen LogP contribution in [0.25, 0.3) is 22.8 Å². The van der Waals surface area contributed by atoms with Crippen molar-refractivity contribution in [1.29, 1.82) is 0 Å². The fourth-order valence-corrected chi connectivity index (χ4v) is 3.18. The molecular weight excluding hydrogens is 374 g/mol. The molecule has 10 heteroatoms. The lowest BCUT2D eigenvalue weighted by Gasteiger charge is -2.12. The van der Waals surface area contributed by atoms with E-state index in [0.717, 1.165) is 22.9 Å². The van der Waals surface area contributed by atoms with Gasteiger partial charge in [-0.3, -0.25) is 10.1 Å². The number of aromatic hydroxyl groups is 2. The minimum atomic E-state index is -0.802. The fraction of sp³-hybridized carbons (Fsp3) is 0.235. The molecule has 3 rings (SSSR count). The molecular formula is C17H16ClN5O4. The number of pyridine rings is 1. The van der Waals surface area contributed by atoms with Crippen molar-refractivity contribution >= 4 is 17.3 Å². The van der Waals surface area contributed by atoms with Gasteiger partial charge in [0.2, 0.25) is 5.75 Å². The zero-order valence-electron chi connectivity index (χ0n) is 15.0. The summed E-state index contributed by atoms with van der Waals surface area (Å²) in [6.07, 6.45) is 0. The molecule has 0 aliphatic heterocycles. The molecule has 2 heterocycles. The lowest BCUT2D eigenvalue weighted by Crippen LogP contribution is -2.02. The third-order valence-corrected chi connectivity index (χ3v) is 4.85. The van der Waals surface area contributed by atoms with Crippen LogP contribution in [0, 0.1) is 30.9 Å². The standard InChI is InChI=1S/C17H16ClN5O4/c1-7-8(2)13(15(18)19-9(7)3)17-21-20-16(22(17)4)10-5-11(23(26)27)14(25)12(24)6-10/h5-6,24-25H,1-4H3. The van der Waals surface area contributed by atoms with Crippen LogP contribution in [0.5, 0.6) is 11.5 Å². The predicted octanol–water partition coefficient (Wildman–Crippen LogP) is 3.44. The summed E-state index contributed by atoms with van der Waals surface area (Å²) in [4.78, 5) is 14.6. The van der Waals surface area contributed by atoms with E-state index in [4.69, 9.17) is 11.6 Å².